The zero-order valence-corrected chi connectivity index (χ0v) is 22.5. The van der Waals surface area contributed by atoms with Crippen LogP contribution in [0.5, 0.6) is 0 Å². The van der Waals surface area contributed by atoms with Gasteiger partial charge in [0.2, 0.25) is 0 Å². The quantitative estimate of drug-likeness (QED) is 0.288. The third-order valence-corrected chi connectivity index (χ3v) is 8.69. The van der Waals surface area contributed by atoms with Crippen molar-refractivity contribution < 1.29 is 17.9 Å². The molecule has 0 amide bonds. The molecule has 4 rings (SSSR count). The van der Waals surface area contributed by atoms with Crippen LogP contribution in [0.25, 0.3) is 0 Å². The average molecular weight is 513 g/mol. The molecule has 0 spiro atoms. The van der Waals surface area contributed by atoms with Gasteiger partial charge in [-0.15, -0.1) is 0 Å². The van der Waals surface area contributed by atoms with E-state index in [1.165, 1.54) is 56.6 Å². The summed E-state index contributed by atoms with van der Waals surface area (Å²) >= 11 is 0. The lowest BCUT2D eigenvalue weighted by Gasteiger charge is -2.29. The predicted octanol–water partition coefficient (Wildman–Crippen LogP) is 10.1. The van der Waals surface area contributed by atoms with Gasteiger partial charge in [0.05, 0.1) is 13.0 Å². The van der Waals surface area contributed by atoms with Crippen molar-refractivity contribution in [3.63, 3.8) is 0 Å². The van der Waals surface area contributed by atoms with Gasteiger partial charge in [-0.05, 0) is 105 Å². The van der Waals surface area contributed by atoms with Gasteiger partial charge in [0.15, 0.2) is 0 Å². The van der Waals surface area contributed by atoms with Crippen molar-refractivity contribution in [3.05, 3.63) is 82.7 Å². The molecule has 1 nitrogen and oxygen atoms in total. The third kappa shape index (κ3) is 8.21. The summed E-state index contributed by atoms with van der Waals surface area (Å²) in [6, 6.07) is 12.6. The predicted molar refractivity (Wildman–Crippen MR) is 145 cm³/mol. The molecule has 0 aliphatic heterocycles. The second-order valence-electron chi connectivity index (χ2n) is 11.5. The van der Waals surface area contributed by atoms with Crippen LogP contribution in [0.3, 0.4) is 0 Å². The SMILES string of the molecule is C/C=C/CCC1CCC(c2ccc(COC(F)(F)Cc3ccc(C4CCC(C)CC4)cc3)c(F)c2)CC1. The van der Waals surface area contributed by atoms with Crippen LogP contribution in [0, 0.1) is 17.7 Å². The van der Waals surface area contributed by atoms with Crippen LogP contribution in [0.2, 0.25) is 0 Å². The van der Waals surface area contributed by atoms with Crippen LogP contribution in [0.15, 0.2) is 54.6 Å². The molecule has 4 heteroatoms. The normalized spacial score (nSPS) is 25.0. The van der Waals surface area contributed by atoms with E-state index in [2.05, 4.69) is 26.0 Å². The van der Waals surface area contributed by atoms with Gasteiger partial charge >= 0.3 is 6.11 Å². The van der Waals surface area contributed by atoms with Crippen LogP contribution < -0.4 is 0 Å². The van der Waals surface area contributed by atoms with Gasteiger partial charge < -0.3 is 4.74 Å². The number of rotatable bonds is 10. The van der Waals surface area contributed by atoms with Crippen molar-refractivity contribution in [3.8, 4) is 0 Å². The lowest BCUT2D eigenvalue weighted by molar-refractivity contribution is -0.244. The molecule has 2 fully saturated rings. The van der Waals surface area contributed by atoms with Crippen molar-refractivity contribution in [2.24, 2.45) is 11.8 Å². The van der Waals surface area contributed by atoms with Crippen molar-refractivity contribution in [1.82, 2.24) is 0 Å². The first-order chi connectivity index (χ1) is 17.8. The van der Waals surface area contributed by atoms with Gasteiger partial charge in [0.1, 0.15) is 5.82 Å². The number of benzene rings is 2. The topological polar surface area (TPSA) is 9.23 Å². The molecule has 2 aromatic carbocycles. The van der Waals surface area contributed by atoms with E-state index in [9.17, 15) is 13.2 Å². The minimum Gasteiger partial charge on any atom is -0.315 e. The fourth-order valence-electron chi connectivity index (χ4n) is 6.19. The van der Waals surface area contributed by atoms with E-state index >= 15 is 0 Å². The highest BCUT2D eigenvalue weighted by molar-refractivity contribution is 5.28. The lowest BCUT2D eigenvalue weighted by atomic mass is 9.77. The van der Waals surface area contributed by atoms with Crippen molar-refractivity contribution in [1.29, 1.82) is 0 Å². The van der Waals surface area contributed by atoms with Crippen LogP contribution in [-0.4, -0.2) is 6.11 Å². The van der Waals surface area contributed by atoms with Gasteiger partial charge in [0.25, 0.3) is 0 Å². The highest BCUT2D eigenvalue weighted by Crippen LogP contribution is 2.38. The van der Waals surface area contributed by atoms with E-state index in [1.54, 1.807) is 18.2 Å². The minimum absolute atomic E-state index is 0.185. The lowest BCUT2D eigenvalue weighted by Crippen LogP contribution is -2.24. The highest BCUT2D eigenvalue weighted by Gasteiger charge is 2.31. The molecule has 0 heterocycles. The number of alkyl halides is 2. The summed E-state index contributed by atoms with van der Waals surface area (Å²) in [7, 11) is 0. The second-order valence-corrected chi connectivity index (χ2v) is 11.5. The molecule has 0 aromatic heterocycles. The number of hydrogen-bond donors (Lipinski definition) is 0. The van der Waals surface area contributed by atoms with Crippen LogP contribution in [-0.2, 0) is 17.8 Å². The zero-order valence-electron chi connectivity index (χ0n) is 22.5. The molecular weight excluding hydrogens is 469 g/mol. The fourth-order valence-corrected chi connectivity index (χ4v) is 6.19. The molecule has 2 saturated carbocycles. The maximum absolute atomic E-state index is 14.8. The number of halogens is 3. The molecule has 2 aromatic rings. The first-order valence-corrected chi connectivity index (χ1v) is 14.3. The summed E-state index contributed by atoms with van der Waals surface area (Å²) in [4.78, 5) is 0. The minimum atomic E-state index is -3.35. The van der Waals surface area contributed by atoms with Gasteiger partial charge in [-0.25, -0.2) is 4.39 Å². The van der Waals surface area contributed by atoms with E-state index in [0.717, 1.165) is 36.7 Å². The van der Waals surface area contributed by atoms with E-state index in [-0.39, 0.29) is 5.56 Å². The second kappa shape index (κ2) is 13.1. The monoisotopic (exact) mass is 512 g/mol. The maximum atomic E-state index is 14.8. The standard InChI is InChI=1S/C33H43F3O/c1-3-4-5-6-25-9-15-29(16-10-25)30-19-20-31(32(34)21-30)23-37-33(35,36)22-26-11-17-28(18-12-26)27-13-7-24(2)8-14-27/h3-4,11-12,17-21,24-25,27,29H,5-10,13-16,22-23H2,1-2H3/b4-3+. The zero-order chi connectivity index (χ0) is 26.3. The summed E-state index contributed by atoms with van der Waals surface area (Å²) in [5.74, 6) is 1.97. The van der Waals surface area contributed by atoms with Gasteiger partial charge in [-0.3, -0.25) is 0 Å². The first kappa shape index (κ1) is 28.0. The Hall–Kier alpha value is -2.07. The van der Waals surface area contributed by atoms with Crippen molar-refractivity contribution in [2.75, 3.05) is 0 Å². The van der Waals surface area contributed by atoms with E-state index < -0.39 is 25.0 Å². The van der Waals surface area contributed by atoms with Crippen LogP contribution in [0.4, 0.5) is 13.2 Å². The Labute approximate surface area is 221 Å². The number of hydrogen-bond acceptors (Lipinski definition) is 1. The third-order valence-electron chi connectivity index (χ3n) is 8.69. The van der Waals surface area contributed by atoms with Crippen molar-refractivity contribution >= 4 is 0 Å². The molecule has 0 atom stereocenters. The van der Waals surface area contributed by atoms with Gasteiger partial charge in [-0.1, -0.05) is 68.3 Å². The Morgan fingerprint density at radius 2 is 1.49 bits per heavy atom. The summed E-state index contributed by atoms with van der Waals surface area (Å²) in [6.45, 7) is 3.91. The number of allylic oxidation sites excluding steroid dienone is 2. The fraction of sp³-hybridized carbons (Fsp3) is 0.576. The van der Waals surface area contributed by atoms with Gasteiger partial charge in [0, 0.05) is 5.56 Å². The van der Waals surface area contributed by atoms with Crippen LogP contribution in [0.1, 0.15) is 112 Å². The molecule has 0 saturated heterocycles. The molecule has 0 N–H and O–H groups in total. The number of ether oxygens (including phenoxy) is 1. The maximum Gasteiger partial charge on any atom is 0.360 e. The molecule has 0 bridgehead atoms. The molecular formula is C33H43F3O. The van der Waals surface area contributed by atoms with E-state index in [4.69, 9.17) is 4.74 Å². The largest absolute Gasteiger partial charge is 0.360 e. The van der Waals surface area contributed by atoms with E-state index in [1.807, 2.05) is 18.2 Å². The molecule has 202 valence electrons. The summed E-state index contributed by atoms with van der Waals surface area (Å²) < 4.78 is 48.9. The Morgan fingerprint density at radius 1 is 0.865 bits per heavy atom. The summed E-state index contributed by atoms with van der Waals surface area (Å²) in [6.07, 6.45) is 12.1. The summed E-state index contributed by atoms with van der Waals surface area (Å²) in [5.41, 5.74) is 2.94. The molecule has 37 heavy (non-hydrogen) atoms. The van der Waals surface area contributed by atoms with Crippen LogP contribution >= 0.6 is 0 Å². The smallest absolute Gasteiger partial charge is 0.315 e. The highest BCUT2D eigenvalue weighted by atomic mass is 19.3. The Balaban J connectivity index is 1.26. The first-order valence-electron chi connectivity index (χ1n) is 14.3. The Morgan fingerprint density at radius 3 is 2.14 bits per heavy atom. The molecule has 0 unspecified atom stereocenters. The Kier molecular flexibility index (Phi) is 9.92. The van der Waals surface area contributed by atoms with Crippen molar-refractivity contribution in [2.45, 2.75) is 109 Å². The summed E-state index contributed by atoms with van der Waals surface area (Å²) in [5, 5.41) is 0. The van der Waals surface area contributed by atoms with Gasteiger partial charge in [-0.2, -0.15) is 8.78 Å². The molecule has 0 radical (unpaired) electrons. The van der Waals surface area contributed by atoms with E-state index in [0.29, 0.717) is 17.4 Å². The molecule has 2 aliphatic carbocycles. The Bertz CT molecular complexity index is 997. The molecule has 2 aliphatic rings. The average Bonchev–Trinajstić information content (AvgIpc) is 2.89.